The number of morpholine rings is 1. The summed E-state index contributed by atoms with van der Waals surface area (Å²) in [5.74, 6) is -0.434. The number of hydrogen-bond donors (Lipinski definition) is 1. The zero-order valence-electron chi connectivity index (χ0n) is 16.5. The number of carbonyl (C=O) groups is 2. The number of amides is 2. The van der Waals surface area contributed by atoms with E-state index in [1.165, 1.54) is 0 Å². The highest BCUT2D eigenvalue weighted by Gasteiger charge is 2.63. The highest BCUT2D eigenvalue weighted by molar-refractivity contribution is 5.81. The van der Waals surface area contributed by atoms with Crippen LogP contribution in [0, 0.1) is 0 Å². The van der Waals surface area contributed by atoms with E-state index in [2.05, 4.69) is 4.90 Å². The van der Waals surface area contributed by atoms with Gasteiger partial charge >= 0.3 is 6.09 Å². The highest BCUT2D eigenvalue weighted by Crippen LogP contribution is 2.40. The third-order valence-corrected chi connectivity index (χ3v) is 5.33. The fourth-order valence-electron chi connectivity index (χ4n) is 4.07. The van der Waals surface area contributed by atoms with Crippen LogP contribution in [-0.4, -0.2) is 77.5 Å². The molecule has 0 aromatic heterocycles. The Balaban J connectivity index is 2.40. The summed E-state index contributed by atoms with van der Waals surface area (Å²) in [6, 6.07) is -0.462. The van der Waals surface area contributed by atoms with Gasteiger partial charge in [0.15, 0.2) is 6.04 Å². The summed E-state index contributed by atoms with van der Waals surface area (Å²) in [4.78, 5) is 27.9. The van der Waals surface area contributed by atoms with Crippen molar-refractivity contribution in [2.45, 2.75) is 71.2 Å². The van der Waals surface area contributed by atoms with Crippen LogP contribution in [-0.2, 0) is 14.3 Å². The lowest BCUT2D eigenvalue weighted by Gasteiger charge is -2.46. The third kappa shape index (κ3) is 3.99. The Kier molecular flexibility index (Phi) is 5.52. The van der Waals surface area contributed by atoms with Gasteiger partial charge in [0, 0.05) is 19.5 Å². The number of likely N-dealkylation sites (tertiary alicyclic amines) is 1. The molecule has 2 aliphatic rings. The van der Waals surface area contributed by atoms with E-state index in [9.17, 15) is 9.59 Å². The summed E-state index contributed by atoms with van der Waals surface area (Å²) >= 11 is 0. The fourth-order valence-corrected chi connectivity index (χ4v) is 4.07. The molecule has 7 nitrogen and oxygen atoms in total. The van der Waals surface area contributed by atoms with Crippen LogP contribution in [0.25, 0.3) is 0 Å². The van der Waals surface area contributed by atoms with Crippen LogP contribution >= 0.6 is 0 Å². The first-order valence-corrected chi connectivity index (χ1v) is 9.11. The van der Waals surface area contributed by atoms with Gasteiger partial charge in [0.05, 0.1) is 19.3 Å². The molecular weight excluding hydrogens is 322 g/mol. The molecular formula is C18H34N3O4+. The second kappa shape index (κ2) is 6.85. The second-order valence-corrected chi connectivity index (χ2v) is 9.16. The molecule has 0 aromatic carbocycles. The maximum absolute atomic E-state index is 13.3. The standard InChI is InChI=1S/C18H33N3O4/c1-17(2,3)21(16(23)25-18(4,5)6)12-13(11-14(21)15(19)22)20-7-9-24-10-8-20/h13-14H,7-12H2,1-6H3,(H-,19,22)/p+1/t13-,14-,21?/m0/s1. The number of nitrogens with two attached hydrogens (primary N) is 1. The van der Waals surface area contributed by atoms with Crippen LogP contribution < -0.4 is 5.73 Å². The molecule has 0 bridgehead atoms. The van der Waals surface area contributed by atoms with Gasteiger partial charge in [-0.3, -0.25) is 9.69 Å². The molecule has 2 saturated heterocycles. The number of rotatable bonds is 2. The van der Waals surface area contributed by atoms with Crippen LogP contribution in [0.3, 0.4) is 0 Å². The summed E-state index contributed by atoms with van der Waals surface area (Å²) in [7, 11) is 0. The monoisotopic (exact) mass is 356 g/mol. The molecule has 7 heteroatoms. The molecule has 0 radical (unpaired) electrons. The van der Waals surface area contributed by atoms with E-state index in [0.29, 0.717) is 26.2 Å². The van der Waals surface area contributed by atoms with E-state index in [4.69, 9.17) is 15.2 Å². The van der Waals surface area contributed by atoms with Crippen molar-refractivity contribution in [2.24, 2.45) is 5.73 Å². The van der Waals surface area contributed by atoms with Gasteiger partial charge in [0.1, 0.15) is 17.7 Å². The lowest BCUT2D eigenvalue weighted by Crippen LogP contribution is -2.70. The lowest BCUT2D eigenvalue weighted by atomic mass is 9.99. The average Bonchev–Trinajstić information content (AvgIpc) is 2.88. The Hall–Kier alpha value is -1.18. The molecule has 144 valence electrons. The Morgan fingerprint density at radius 3 is 2.12 bits per heavy atom. The number of nitrogens with zero attached hydrogens (tertiary/aromatic N) is 2. The number of carbonyl (C=O) groups excluding carboxylic acids is 2. The predicted octanol–water partition coefficient (Wildman–Crippen LogP) is 1.50. The average molecular weight is 356 g/mol. The second-order valence-electron chi connectivity index (χ2n) is 9.16. The predicted molar refractivity (Wildman–Crippen MR) is 94.9 cm³/mol. The van der Waals surface area contributed by atoms with E-state index < -0.39 is 23.1 Å². The summed E-state index contributed by atoms with van der Waals surface area (Å²) < 4.78 is 11.1. The van der Waals surface area contributed by atoms with Gasteiger partial charge in [0.25, 0.3) is 5.91 Å². The van der Waals surface area contributed by atoms with Crippen molar-refractivity contribution in [1.82, 2.24) is 4.90 Å². The number of hydrogen-bond acceptors (Lipinski definition) is 5. The molecule has 1 unspecified atom stereocenters. The normalized spacial score (nSPS) is 31.8. The third-order valence-electron chi connectivity index (χ3n) is 5.33. The molecule has 0 saturated carbocycles. The minimum Gasteiger partial charge on any atom is -0.414 e. The van der Waals surface area contributed by atoms with E-state index in [-0.39, 0.29) is 16.6 Å². The van der Waals surface area contributed by atoms with Gasteiger partial charge < -0.3 is 15.2 Å². The molecule has 2 N–H and O–H groups in total. The van der Waals surface area contributed by atoms with E-state index in [1.54, 1.807) is 0 Å². The zero-order chi connectivity index (χ0) is 19.0. The highest BCUT2D eigenvalue weighted by atomic mass is 16.6. The minimum absolute atomic E-state index is 0.0539. The van der Waals surface area contributed by atoms with Crippen molar-refractivity contribution in [3.05, 3.63) is 0 Å². The molecule has 2 heterocycles. The summed E-state index contributed by atoms with van der Waals surface area (Å²) in [5, 5.41) is 0. The number of primary amides is 1. The SMILES string of the molecule is CC(C)(C)OC(=O)[N+]1(C(C)(C)C)C[C@@H](N2CCOCC2)C[C@H]1C(N)=O. The van der Waals surface area contributed by atoms with E-state index in [0.717, 1.165) is 13.1 Å². The van der Waals surface area contributed by atoms with Gasteiger partial charge in [-0.15, -0.1) is 0 Å². The summed E-state index contributed by atoms with van der Waals surface area (Å²) in [6.45, 7) is 15.0. The molecule has 2 amide bonds. The molecule has 3 atom stereocenters. The van der Waals surface area contributed by atoms with Crippen molar-refractivity contribution in [3.63, 3.8) is 0 Å². The quantitative estimate of drug-likeness (QED) is 0.758. The smallest absolute Gasteiger partial charge is 0.414 e. The van der Waals surface area contributed by atoms with Crippen molar-refractivity contribution >= 4 is 12.0 Å². The van der Waals surface area contributed by atoms with Crippen LogP contribution in [0.5, 0.6) is 0 Å². The van der Waals surface area contributed by atoms with Gasteiger partial charge in [-0.25, -0.2) is 4.48 Å². The first-order valence-electron chi connectivity index (χ1n) is 9.11. The zero-order valence-corrected chi connectivity index (χ0v) is 16.5. The largest absolute Gasteiger partial charge is 0.517 e. The lowest BCUT2D eigenvalue weighted by molar-refractivity contribution is -0.907. The maximum atomic E-state index is 13.3. The molecule has 2 rings (SSSR count). The van der Waals surface area contributed by atoms with Crippen molar-refractivity contribution in [2.75, 3.05) is 32.8 Å². The van der Waals surface area contributed by atoms with Gasteiger partial charge in [-0.1, -0.05) is 0 Å². The first-order chi connectivity index (χ1) is 11.4. The Morgan fingerprint density at radius 1 is 1.12 bits per heavy atom. The summed E-state index contributed by atoms with van der Waals surface area (Å²) in [6.07, 6.45) is 0.214. The molecule has 2 fully saturated rings. The molecule has 0 aliphatic carbocycles. The number of ether oxygens (including phenoxy) is 2. The summed E-state index contributed by atoms with van der Waals surface area (Å²) in [5.41, 5.74) is 4.64. The Bertz CT molecular complexity index is 517. The van der Waals surface area contributed by atoms with Gasteiger partial charge in [-0.2, -0.15) is 4.79 Å². The van der Waals surface area contributed by atoms with Gasteiger partial charge in [0.2, 0.25) is 0 Å². The van der Waals surface area contributed by atoms with Crippen LogP contribution in [0.2, 0.25) is 0 Å². The fraction of sp³-hybridized carbons (Fsp3) is 0.889. The Labute approximate surface area is 151 Å². The minimum atomic E-state index is -0.618. The molecule has 0 aromatic rings. The van der Waals surface area contributed by atoms with Crippen molar-refractivity contribution in [1.29, 1.82) is 0 Å². The maximum Gasteiger partial charge on any atom is 0.517 e. The van der Waals surface area contributed by atoms with Gasteiger partial charge in [-0.05, 0) is 41.5 Å². The van der Waals surface area contributed by atoms with E-state index >= 15 is 0 Å². The van der Waals surface area contributed by atoms with E-state index in [1.807, 2.05) is 41.5 Å². The molecule has 0 spiro atoms. The first kappa shape index (κ1) is 20.1. The molecule has 25 heavy (non-hydrogen) atoms. The Morgan fingerprint density at radius 2 is 1.68 bits per heavy atom. The van der Waals surface area contributed by atoms with Crippen molar-refractivity contribution in [3.8, 4) is 0 Å². The molecule has 2 aliphatic heterocycles. The topological polar surface area (TPSA) is 81.9 Å². The van der Waals surface area contributed by atoms with Crippen molar-refractivity contribution < 1.29 is 23.5 Å². The van der Waals surface area contributed by atoms with Crippen LogP contribution in [0.15, 0.2) is 0 Å². The number of quaternary nitrogens is 1. The van der Waals surface area contributed by atoms with Crippen LogP contribution in [0.4, 0.5) is 4.79 Å². The van der Waals surface area contributed by atoms with Crippen LogP contribution in [0.1, 0.15) is 48.0 Å².